The Morgan fingerprint density at radius 1 is 0.635 bits per heavy atom. The first kappa shape index (κ1) is 44.0. The van der Waals surface area contributed by atoms with Crippen LogP contribution in [0.4, 0.5) is 22.7 Å². The van der Waals surface area contributed by atoms with Crippen LogP contribution in [0.15, 0.2) is 121 Å². The molecule has 6 aromatic carbocycles. The summed E-state index contributed by atoms with van der Waals surface area (Å²) in [5, 5.41) is 2.25. The van der Waals surface area contributed by atoms with Crippen molar-refractivity contribution in [3.05, 3.63) is 174 Å². The first-order valence-corrected chi connectivity index (χ1v) is 22.1. The third-order valence-electron chi connectivity index (χ3n) is 12.5. The predicted octanol–water partition coefficient (Wildman–Crippen LogP) is 15.9. The quantitative estimate of drug-likeness (QED) is 0.135. The molecule has 324 valence electrons. The Labute approximate surface area is 389 Å². The molecule has 0 radical (unpaired) electrons. The summed E-state index contributed by atoms with van der Waals surface area (Å²) in [5.41, 5.74) is 16.7. The maximum atomic E-state index is 6.64. The van der Waals surface area contributed by atoms with Crippen LogP contribution in [0.2, 0.25) is 0 Å². The molecule has 0 amide bonds. The van der Waals surface area contributed by atoms with Crippen LogP contribution >= 0.6 is 0 Å². The number of ether oxygens (including phenoxy) is 1. The third-order valence-corrected chi connectivity index (χ3v) is 12.5. The minimum atomic E-state index is -0.0176. The van der Waals surface area contributed by atoms with E-state index in [-0.39, 0.29) is 26.5 Å². The molecule has 0 saturated heterocycles. The summed E-state index contributed by atoms with van der Waals surface area (Å²) in [6.07, 6.45) is 1.90. The van der Waals surface area contributed by atoms with E-state index in [4.69, 9.17) is 9.72 Å². The van der Waals surface area contributed by atoms with E-state index >= 15 is 0 Å². The van der Waals surface area contributed by atoms with Crippen LogP contribution in [-0.4, -0.2) is 9.55 Å². The first-order valence-electron chi connectivity index (χ1n) is 22.1. The van der Waals surface area contributed by atoms with Crippen molar-refractivity contribution in [2.24, 2.45) is 0 Å². The maximum absolute atomic E-state index is 6.64. The first-order chi connectivity index (χ1) is 29.7. The van der Waals surface area contributed by atoms with Crippen molar-refractivity contribution in [2.75, 3.05) is 9.80 Å². The molecule has 0 bridgehead atoms. The Hall–Kier alpha value is -5.64. The number of nitrogens with zero attached hydrogens (tertiary/aromatic N) is 4. The Kier molecular flexibility index (Phi) is 12.0. The maximum Gasteiger partial charge on any atom is 0.135 e. The van der Waals surface area contributed by atoms with E-state index in [9.17, 15) is 0 Å². The van der Waals surface area contributed by atoms with Gasteiger partial charge in [0, 0.05) is 61.3 Å². The topological polar surface area (TPSA) is 33.5 Å². The standard InChI is InChI=1S/C57H57N4O.Pt/c1-35(2)41-29-49(36(3)4)56(50(30-41)37(5)6)40-16-14-17-43(28-40)59-34-60(54-27-39(8)38(7)26-53(54)59)44-18-15-19-45(32-44)62-46-22-23-48-47-20-12-13-21-51(47)61(52(48)33-46)55-31-42(24-25-58-55)57(9,10)11;/h12-31,34-37H,1-11H3;/q-3;. The fourth-order valence-electron chi connectivity index (χ4n) is 8.84. The monoisotopic (exact) mass is 1010 g/mol. The van der Waals surface area contributed by atoms with Gasteiger partial charge in [0.1, 0.15) is 5.82 Å². The van der Waals surface area contributed by atoms with Crippen LogP contribution < -0.4 is 14.5 Å². The van der Waals surface area contributed by atoms with Crippen LogP contribution in [0.25, 0.3) is 38.8 Å². The van der Waals surface area contributed by atoms with Gasteiger partial charge in [-0.15, -0.1) is 48.1 Å². The zero-order chi connectivity index (χ0) is 43.6. The molecule has 2 aromatic heterocycles. The van der Waals surface area contributed by atoms with Crippen LogP contribution in [0.1, 0.15) is 113 Å². The van der Waals surface area contributed by atoms with Crippen molar-refractivity contribution >= 4 is 44.6 Å². The van der Waals surface area contributed by atoms with Crippen molar-refractivity contribution in [1.82, 2.24) is 9.55 Å². The molecule has 0 aliphatic carbocycles. The summed E-state index contributed by atoms with van der Waals surface area (Å²) in [6, 6.07) is 48.8. The van der Waals surface area contributed by atoms with Crippen molar-refractivity contribution in [2.45, 2.75) is 99.3 Å². The second-order valence-electron chi connectivity index (χ2n) is 19.0. The molecular formula is C57H57N4OPt-3. The zero-order valence-corrected chi connectivity index (χ0v) is 40.6. The van der Waals surface area contributed by atoms with E-state index in [1.807, 2.05) is 24.4 Å². The number of hydrogen-bond acceptors (Lipinski definition) is 4. The van der Waals surface area contributed by atoms with Gasteiger partial charge in [0.15, 0.2) is 0 Å². The number of anilines is 4. The van der Waals surface area contributed by atoms with Crippen LogP contribution in [0.5, 0.6) is 11.5 Å². The molecular weight excluding hydrogens is 952 g/mol. The van der Waals surface area contributed by atoms with Crippen molar-refractivity contribution in [3.63, 3.8) is 0 Å². The number of hydrogen-bond donors (Lipinski definition) is 0. The number of aromatic nitrogens is 2. The Morgan fingerprint density at radius 3 is 1.98 bits per heavy atom. The molecule has 9 rings (SSSR count). The second kappa shape index (κ2) is 17.1. The van der Waals surface area contributed by atoms with E-state index in [0.717, 1.165) is 50.4 Å². The molecule has 3 heterocycles. The number of fused-ring (bicyclic) bond motifs is 4. The summed E-state index contributed by atoms with van der Waals surface area (Å²) in [6.45, 7) is 27.1. The van der Waals surface area contributed by atoms with E-state index in [1.165, 1.54) is 44.5 Å². The van der Waals surface area contributed by atoms with E-state index in [2.05, 4.69) is 206 Å². The van der Waals surface area contributed by atoms with Gasteiger partial charge < -0.3 is 19.1 Å². The summed E-state index contributed by atoms with van der Waals surface area (Å²) in [7, 11) is 0. The Bertz CT molecular complexity index is 2960. The van der Waals surface area contributed by atoms with Crippen LogP contribution in [0, 0.1) is 32.6 Å². The predicted molar refractivity (Wildman–Crippen MR) is 260 cm³/mol. The minimum absolute atomic E-state index is 0. The number of benzene rings is 6. The molecule has 6 heteroatoms. The fourth-order valence-corrected chi connectivity index (χ4v) is 8.84. The molecule has 8 aromatic rings. The van der Waals surface area contributed by atoms with Crippen molar-refractivity contribution < 1.29 is 25.8 Å². The molecule has 0 fully saturated rings. The van der Waals surface area contributed by atoms with E-state index in [1.54, 1.807) is 0 Å². The molecule has 5 nitrogen and oxygen atoms in total. The summed E-state index contributed by atoms with van der Waals surface area (Å²) in [4.78, 5) is 9.41. The van der Waals surface area contributed by atoms with Gasteiger partial charge in [-0.25, -0.2) is 4.98 Å². The average molecular weight is 1010 g/mol. The number of rotatable bonds is 9. The van der Waals surface area contributed by atoms with Gasteiger partial charge in [0.25, 0.3) is 0 Å². The van der Waals surface area contributed by atoms with Gasteiger partial charge >= 0.3 is 0 Å². The van der Waals surface area contributed by atoms with Crippen molar-refractivity contribution in [3.8, 4) is 28.4 Å². The van der Waals surface area contributed by atoms with Crippen molar-refractivity contribution in [1.29, 1.82) is 0 Å². The SMILES string of the molecule is Cc1cc2c(cc1C)N(c1cccc(-c3c(C(C)C)cc(C(C)C)cc3C(C)C)c1)[CH-]N2c1[c-]c(Oc2[c-]c3c(cc2)c2ccccc2n3-c2cc(C(C)(C)C)ccn2)ccc1.[Pt]. The number of pyridine rings is 1. The van der Waals surface area contributed by atoms with Gasteiger partial charge in [0.2, 0.25) is 0 Å². The molecule has 0 unspecified atom stereocenters. The average Bonchev–Trinajstić information content (AvgIpc) is 3.78. The number of aryl methyl sites for hydroxylation is 2. The second-order valence-corrected chi connectivity index (χ2v) is 19.0. The van der Waals surface area contributed by atoms with Gasteiger partial charge in [-0.2, -0.15) is 12.1 Å². The fraction of sp³-hybridized carbons (Fsp3) is 0.263. The van der Waals surface area contributed by atoms with E-state index < -0.39 is 0 Å². The van der Waals surface area contributed by atoms with Gasteiger partial charge in [-0.3, -0.25) is 0 Å². The third kappa shape index (κ3) is 8.22. The van der Waals surface area contributed by atoms with Gasteiger partial charge in [0.05, 0.1) is 0 Å². The van der Waals surface area contributed by atoms with Gasteiger partial charge in [-0.05, 0) is 129 Å². The Balaban J connectivity index is 0.00000544. The molecule has 0 N–H and O–H groups in total. The molecule has 0 saturated carbocycles. The zero-order valence-electron chi connectivity index (χ0n) is 38.4. The largest absolute Gasteiger partial charge is 0.509 e. The summed E-state index contributed by atoms with van der Waals surface area (Å²) in [5.74, 6) is 3.33. The minimum Gasteiger partial charge on any atom is -0.509 e. The van der Waals surface area contributed by atoms with Crippen LogP contribution in [-0.2, 0) is 26.5 Å². The molecule has 63 heavy (non-hydrogen) atoms. The van der Waals surface area contributed by atoms with E-state index in [0.29, 0.717) is 29.3 Å². The number of para-hydroxylation sites is 1. The normalized spacial score (nSPS) is 12.9. The molecule has 1 aliphatic heterocycles. The van der Waals surface area contributed by atoms with Gasteiger partial charge in [-0.1, -0.05) is 110 Å². The molecule has 1 aliphatic rings. The summed E-state index contributed by atoms with van der Waals surface area (Å²) < 4.78 is 8.84. The van der Waals surface area contributed by atoms with Crippen LogP contribution in [0.3, 0.4) is 0 Å². The summed E-state index contributed by atoms with van der Waals surface area (Å²) >= 11 is 0. The molecule has 0 atom stereocenters. The molecule has 0 spiro atoms. The smallest absolute Gasteiger partial charge is 0.135 e. The Morgan fingerprint density at radius 2 is 1.30 bits per heavy atom.